The smallest absolute Gasteiger partial charge is 0.349 e. The minimum atomic E-state index is -4.15. The zero-order valence-electron chi connectivity index (χ0n) is 14.9. The topological polar surface area (TPSA) is 61.6 Å². The molecule has 0 aromatic carbocycles. The molecule has 0 bridgehead atoms. The zero-order chi connectivity index (χ0) is 18.4. The molecule has 1 atom stereocenters. The lowest BCUT2D eigenvalue weighted by Gasteiger charge is -2.26. The van der Waals surface area contributed by atoms with Crippen molar-refractivity contribution >= 4 is 5.96 Å². The van der Waals surface area contributed by atoms with Gasteiger partial charge >= 0.3 is 6.18 Å². The number of rotatable bonds is 6. The normalized spacial score (nSPS) is 19.1. The quantitative estimate of drug-likeness (QED) is 0.607. The summed E-state index contributed by atoms with van der Waals surface area (Å²) in [6.07, 6.45) is -1.80. The Balaban J connectivity index is 1.84. The molecular formula is C15H26F3N7. The highest BCUT2D eigenvalue weighted by molar-refractivity contribution is 5.80. The second kappa shape index (κ2) is 8.50. The number of hydrogen-bond donors (Lipinski definition) is 1. The molecule has 2 heterocycles. The average molecular weight is 361 g/mol. The molecule has 10 heteroatoms. The fourth-order valence-corrected chi connectivity index (χ4v) is 3.07. The number of guanidine groups is 1. The van der Waals surface area contributed by atoms with Crippen LogP contribution >= 0.6 is 0 Å². The molecule has 1 aliphatic rings. The summed E-state index contributed by atoms with van der Waals surface area (Å²) in [5.74, 6) is 1.74. The van der Waals surface area contributed by atoms with E-state index in [1.807, 2.05) is 7.05 Å². The van der Waals surface area contributed by atoms with Gasteiger partial charge in [-0.15, -0.1) is 0 Å². The molecular weight excluding hydrogens is 335 g/mol. The zero-order valence-corrected chi connectivity index (χ0v) is 14.9. The number of hydrogen-bond acceptors (Lipinski definition) is 4. The molecule has 142 valence electrons. The van der Waals surface area contributed by atoms with Crippen molar-refractivity contribution in [3.63, 3.8) is 0 Å². The molecule has 0 radical (unpaired) electrons. The Kier molecular flexibility index (Phi) is 6.63. The second-order valence-corrected chi connectivity index (χ2v) is 6.24. The van der Waals surface area contributed by atoms with E-state index in [0.29, 0.717) is 26.2 Å². The van der Waals surface area contributed by atoms with Crippen LogP contribution in [0.15, 0.2) is 11.3 Å². The van der Waals surface area contributed by atoms with Crippen molar-refractivity contribution in [2.45, 2.75) is 26.1 Å². The highest BCUT2D eigenvalue weighted by atomic mass is 19.4. The largest absolute Gasteiger partial charge is 0.401 e. The predicted molar refractivity (Wildman–Crippen MR) is 89.1 cm³/mol. The SMILES string of the molecule is CCN(CC1CCN(C(=NC)NCc2ncnn2C)C1)CC(F)(F)F. The molecule has 1 N–H and O–H groups in total. The lowest BCUT2D eigenvalue weighted by Crippen LogP contribution is -2.41. The van der Waals surface area contributed by atoms with Gasteiger partial charge in [-0.3, -0.25) is 14.6 Å². The molecule has 2 rings (SSSR count). The molecule has 1 aromatic rings. The maximum absolute atomic E-state index is 12.6. The molecule has 0 aliphatic carbocycles. The van der Waals surface area contributed by atoms with Gasteiger partial charge in [-0.1, -0.05) is 6.92 Å². The van der Waals surface area contributed by atoms with Gasteiger partial charge < -0.3 is 10.2 Å². The van der Waals surface area contributed by atoms with Crippen LogP contribution in [0.25, 0.3) is 0 Å². The Bertz CT molecular complexity index is 570. The highest BCUT2D eigenvalue weighted by Gasteiger charge is 2.33. The highest BCUT2D eigenvalue weighted by Crippen LogP contribution is 2.21. The lowest BCUT2D eigenvalue weighted by atomic mass is 10.1. The van der Waals surface area contributed by atoms with Crippen LogP contribution in [0.4, 0.5) is 13.2 Å². The summed E-state index contributed by atoms with van der Waals surface area (Å²) in [7, 11) is 3.52. The van der Waals surface area contributed by atoms with Crippen LogP contribution in [0.1, 0.15) is 19.2 Å². The summed E-state index contributed by atoms with van der Waals surface area (Å²) >= 11 is 0. The second-order valence-electron chi connectivity index (χ2n) is 6.24. The molecule has 1 aromatic heterocycles. The fraction of sp³-hybridized carbons (Fsp3) is 0.800. The summed E-state index contributed by atoms with van der Waals surface area (Å²) in [5, 5.41) is 7.26. The van der Waals surface area contributed by atoms with Gasteiger partial charge in [-0.25, -0.2) is 4.98 Å². The third kappa shape index (κ3) is 5.87. The van der Waals surface area contributed by atoms with Gasteiger partial charge in [0, 0.05) is 33.7 Å². The van der Waals surface area contributed by atoms with E-state index in [-0.39, 0.29) is 5.92 Å². The number of aromatic nitrogens is 3. The number of aliphatic imine (C=N–C) groups is 1. The lowest BCUT2D eigenvalue weighted by molar-refractivity contribution is -0.146. The van der Waals surface area contributed by atoms with Gasteiger partial charge in [-0.05, 0) is 18.9 Å². The van der Waals surface area contributed by atoms with Gasteiger partial charge in [0.1, 0.15) is 12.2 Å². The van der Waals surface area contributed by atoms with Gasteiger partial charge in [0.2, 0.25) is 0 Å². The van der Waals surface area contributed by atoms with Crippen LogP contribution in [0.2, 0.25) is 0 Å². The molecule has 0 amide bonds. The minimum Gasteiger partial charge on any atom is -0.349 e. The fourth-order valence-electron chi connectivity index (χ4n) is 3.07. The van der Waals surface area contributed by atoms with Gasteiger partial charge in [0.25, 0.3) is 0 Å². The molecule has 0 saturated carbocycles. The van der Waals surface area contributed by atoms with Crippen LogP contribution in [0.3, 0.4) is 0 Å². The van der Waals surface area contributed by atoms with E-state index < -0.39 is 12.7 Å². The molecule has 0 spiro atoms. The molecule has 1 aliphatic heterocycles. The van der Waals surface area contributed by atoms with E-state index in [2.05, 4.69) is 25.3 Å². The number of halogens is 3. The number of nitrogens with one attached hydrogen (secondary N) is 1. The van der Waals surface area contributed by atoms with E-state index in [1.54, 1.807) is 18.7 Å². The predicted octanol–water partition coefficient (Wildman–Crippen LogP) is 1.10. The Hall–Kier alpha value is -1.84. The summed E-state index contributed by atoms with van der Waals surface area (Å²) in [6.45, 7) is 3.75. The van der Waals surface area contributed by atoms with E-state index in [9.17, 15) is 13.2 Å². The van der Waals surface area contributed by atoms with Crippen LogP contribution in [0.5, 0.6) is 0 Å². The summed E-state index contributed by atoms with van der Waals surface area (Å²) in [5.41, 5.74) is 0. The Morgan fingerprint density at radius 3 is 2.80 bits per heavy atom. The number of alkyl halides is 3. The van der Waals surface area contributed by atoms with Crippen LogP contribution in [-0.2, 0) is 13.6 Å². The van der Waals surface area contributed by atoms with Crippen LogP contribution in [0, 0.1) is 5.92 Å². The minimum absolute atomic E-state index is 0.204. The van der Waals surface area contributed by atoms with Gasteiger partial charge in [0.15, 0.2) is 5.96 Å². The Morgan fingerprint density at radius 2 is 2.24 bits per heavy atom. The first-order valence-electron chi connectivity index (χ1n) is 8.40. The van der Waals surface area contributed by atoms with Crippen molar-refractivity contribution in [2.24, 2.45) is 18.0 Å². The Morgan fingerprint density at radius 1 is 1.48 bits per heavy atom. The average Bonchev–Trinajstić information content (AvgIpc) is 3.16. The Labute approximate surface area is 145 Å². The van der Waals surface area contributed by atoms with Crippen LogP contribution in [-0.4, -0.2) is 76.5 Å². The maximum atomic E-state index is 12.6. The first-order chi connectivity index (χ1) is 11.8. The van der Waals surface area contributed by atoms with Gasteiger partial charge in [0.05, 0.1) is 13.1 Å². The van der Waals surface area contributed by atoms with E-state index in [1.165, 1.54) is 11.2 Å². The number of aryl methyl sites for hydroxylation is 1. The third-order valence-electron chi connectivity index (χ3n) is 4.37. The van der Waals surface area contributed by atoms with Gasteiger partial charge in [-0.2, -0.15) is 18.3 Å². The van der Waals surface area contributed by atoms with Crippen molar-refractivity contribution in [1.29, 1.82) is 0 Å². The van der Waals surface area contributed by atoms with Crippen molar-refractivity contribution in [1.82, 2.24) is 29.9 Å². The number of nitrogens with zero attached hydrogens (tertiary/aromatic N) is 6. The van der Waals surface area contributed by atoms with Crippen molar-refractivity contribution in [3.05, 3.63) is 12.2 Å². The molecule has 1 unspecified atom stereocenters. The third-order valence-corrected chi connectivity index (χ3v) is 4.37. The van der Waals surface area contributed by atoms with Crippen molar-refractivity contribution < 1.29 is 13.2 Å². The first-order valence-corrected chi connectivity index (χ1v) is 8.40. The molecule has 1 fully saturated rings. The maximum Gasteiger partial charge on any atom is 0.401 e. The van der Waals surface area contributed by atoms with Crippen LogP contribution < -0.4 is 5.32 Å². The first kappa shape index (κ1) is 19.5. The molecule has 1 saturated heterocycles. The summed E-state index contributed by atoms with van der Waals surface area (Å²) in [6, 6.07) is 0. The summed E-state index contributed by atoms with van der Waals surface area (Å²) < 4.78 is 39.5. The van der Waals surface area contributed by atoms with E-state index in [4.69, 9.17) is 0 Å². The summed E-state index contributed by atoms with van der Waals surface area (Å²) in [4.78, 5) is 12.0. The number of likely N-dealkylation sites (tertiary alicyclic amines) is 1. The van der Waals surface area contributed by atoms with Crippen molar-refractivity contribution in [3.8, 4) is 0 Å². The molecule has 25 heavy (non-hydrogen) atoms. The van der Waals surface area contributed by atoms with E-state index in [0.717, 1.165) is 24.7 Å². The van der Waals surface area contributed by atoms with E-state index >= 15 is 0 Å². The monoisotopic (exact) mass is 361 g/mol. The standard InChI is InChI=1S/C15H26F3N7/c1-4-24(10-15(16,17)18)8-12-5-6-25(9-12)14(19-2)20-7-13-21-11-22-23(13)3/h11-12H,4-10H2,1-3H3,(H,19,20). The molecule has 7 nitrogen and oxygen atoms in total. The van der Waals surface area contributed by atoms with Crippen molar-refractivity contribution in [2.75, 3.05) is 39.8 Å².